The van der Waals surface area contributed by atoms with Crippen LogP contribution in [0.4, 0.5) is 0 Å². The molecule has 0 bridgehead atoms. The van der Waals surface area contributed by atoms with E-state index in [9.17, 15) is 9.59 Å². The van der Waals surface area contributed by atoms with Gasteiger partial charge < -0.3 is 20.3 Å². The summed E-state index contributed by atoms with van der Waals surface area (Å²) < 4.78 is 4.86. The monoisotopic (exact) mass is 245 g/mol. The molecule has 6 nitrogen and oxygen atoms in total. The van der Waals surface area contributed by atoms with Gasteiger partial charge in [-0.1, -0.05) is 0 Å². The molecule has 0 fully saturated rings. The van der Waals surface area contributed by atoms with E-state index in [1.54, 1.807) is 7.11 Å². The zero-order chi connectivity index (χ0) is 13.1. The lowest BCUT2D eigenvalue weighted by atomic mass is 10.4. The zero-order valence-electron chi connectivity index (χ0n) is 10.9. The second-order valence-corrected chi connectivity index (χ2v) is 3.53. The average Bonchev–Trinajstić information content (AvgIpc) is 2.31. The number of hydrogen-bond acceptors (Lipinski definition) is 4. The van der Waals surface area contributed by atoms with Gasteiger partial charge in [0.25, 0.3) is 0 Å². The Bertz CT molecular complexity index is 234. The van der Waals surface area contributed by atoms with Gasteiger partial charge >= 0.3 is 0 Å². The first-order valence-corrected chi connectivity index (χ1v) is 5.89. The lowest BCUT2D eigenvalue weighted by Gasteiger charge is -2.20. The fraction of sp³-hybridized carbons (Fsp3) is 0.818. The molecule has 17 heavy (non-hydrogen) atoms. The lowest BCUT2D eigenvalue weighted by Crippen LogP contribution is -2.44. The summed E-state index contributed by atoms with van der Waals surface area (Å²) in [5.74, 6) is -0.200. The molecule has 0 heterocycles. The van der Waals surface area contributed by atoms with Gasteiger partial charge in [0.05, 0.1) is 19.7 Å². The van der Waals surface area contributed by atoms with Gasteiger partial charge in [-0.05, 0) is 13.8 Å². The minimum atomic E-state index is -0.125. The summed E-state index contributed by atoms with van der Waals surface area (Å²) in [6.45, 7) is 6.36. The molecule has 0 aromatic rings. The Kier molecular flexibility index (Phi) is 9.37. The van der Waals surface area contributed by atoms with Crippen LogP contribution >= 0.6 is 0 Å². The van der Waals surface area contributed by atoms with Crippen molar-refractivity contribution in [3.05, 3.63) is 0 Å². The normalized spacial score (nSPS) is 10.1. The van der Waals surface area contributed by atoms with Crippen LogP contribution in [-0.4, -0.2) is 63.2 Å². The Morgan fingerprint density at radius 1 is 1.29 bits per heavy atom. The first-order chi connectivity index (χ1) is 8.15. The standard InChI is InChI=1S/C11H23N3O3/c1-4-13-10(15)9-14(5-2)11(16)8-12-6-7-17-3/h12H,4-9H2,1-3H3,(H,13,15). The van der Waals surface area contributed by atoms with Crippen molar-refractivity contribution in [1.82, 2.24) is 15.5 Å². The van der Waals surface area contributed by atoms with E-state index in [-0.39, 0.29) is 24.9 Å². The van der Waals surface area contributed by atoms with Crippen molar-refractivity contribution in [3.8, 4) is 0 Å². The van der Waals surface area contributed by atoms with E-state index in [0.717, 1.165) is 0 Å². The average molecular weight is 245 g/mol. The minimum Gasteiger partial charge on any atom is -0.383 e. The molecule has 0 saturated heterocycles. The van der Waals surface area contributed by atoms with E-state index in [1.807, 2.05) is 13.8 Å². The van der Waals surface area contributed by atoms with E-state index in [0.29, 0.717) is 26.2 Å². The predicted octanol–water partition coefficient (Wildman–Crippen LogP) is -0.793. The molecule has 0 atom stereocenters. The maximum absolute atomic E-state index is 11.7. The number of ether oxygens (including phenoxy) is 1. The van der Waals surface area contributed by atoms with Crippen molar-refractivity contribution in [2.45, 2.75) is 13.8 Å². The summed E-state index contributed by atoms with van der Waals surface area (Å²) in [5, 5.41) is 5.63. The van der Waals surface area contributed by atoms with E-state index in [1.165, 1.54) is 4.90 Å². The van der Waals surface area contributed by atoms with Crippen molar-refractivity contribution >= 4 is 11.8 Å². The van der Waals surface area contributed by atoms with Gasteiger partial charge in [-0.25, -0.2) is 0 Å². The van der Waals surface area contributed by atoms with E-state index in [2.05, 4.69) is 10.6 Å². The molecule has 0 saturated carbocycles. The summed E-state index contributed by atoms with van der Waals surface area (Å²) in [6.07, 6.45) is 0. The summed E-state index contributed by atoms with van der Waals surface area (Å²) in [7, 11) is 1.61. The quantitative estimate of drug-likeness (QED) is 0.522. The molecule has 0 spiro atoms. The summed E-state index contributed by atoms with van der Waals surface area (Å²) >= 11 is 0. The van der Waals surface area contributed by atoms with Crippen LogP contribution < -0.4 is 10.6 Å². The van der Waals surface area contributed by atoms with Crippen LogP contribution in [0.15, 0.2) is 0 Å². The number of nitrogens with one attached hydrogen (secondary N) is 2. The molecule has 0 aromatic heterocycles. The molecule has 0 rings (SSSR count). The molecule has 100 valence electrons. The number of carbonyl (C=O) groups is 2. The minimum absolute atomic E-state index is 0.0742. The Labute approximate surface area is 103 Å². The molecule has 0 aliphatic rings. The molecule has 2 amide bonds. The van der Waals surface area contributed by atoms with Crippen LogP contribution in [0.5, 0.6) is 0 Å². The Hall–Kier alpha value is -1.14. The largest absolute Gasteiger partial charge is 0.383 e. The maximum atomic E-state index is 11.7. The van der Waals surface area contributed by atoms with Gasteiger partial charge in [0.2, 0.25) is 11.8 Å². The number of nitrogens with zero attached hydrogens (tertiary/aromatic N) is 1. The Balaban J connectivity index is 3.90. The highest BCUT2D eigenvalue weighted by Gasteiger charge is 2.14. The maximum Gasteiger partial charge on any atom is 0.239 e. The second kappa shape index (κ2) is 10.0. The van der Waals surface area contributed by atoms with Crippen LogP contribution in [0.2, 0.25) is 0 Å². The highest BCUT2D eigenvalue weighted by atomic mass is 16.5. The van der Waals surface area contributed by atoms with Gasteiger partial charge in [-0.3, -0.25) is 9.59 Å². The lowest BCUT2D eigenvalue weighted by molar-refractivity contribution is -0.135. The third-order valence-electron chi connectivity index (χ3n) is 2.20. The molecule has 0 aliphatic heterocycles. The fourth-order valence-electron chi connectivity index (χ4n) is 1.28. The number of carbonyl (C=O) groups excluding carboxylic acids is 2. The third-order valence-corrected chi connectivity index (χ3v) is 2.20. The molecule has 2 N–H and O–H groups in total. The number of methoxy groups -OCH3 is 1. The first-order valence-electron chi connectivity index (χ1n) is 5.89. The van der Waals surface area contributed by atoms with Crippen molar-refractivity contribution in [1.29, 1.82) is 0 Å². The summed E-state index contributed by atoms with van der Waals surface area (Å²) in [4.78, 5) is 24.6. The van der Waals surface area contributed by atoms with E-state index in [4.69, 9.17) is 4.74 Å². The SMILES string of the molecule is CCNC(=O)CN(CC)C(=O)CNCCOC. The zero-order valence-corrected chi connectivity index (χ0v) is 10.9. The molecule has 0 unspecified atom stereocenters. The van der Waals surface area contributed by atoms with Crippen molar-refractivity contribution in [2.75, 3.05) is 46.4 Å². The number of amides is 2. The predicted molar refractivity (Wildman–Crippen MR) is 65.7 cm³/mol. The Morgan fingerprint density at radius 2 is 2.00 bits per heavy atom. The van der Waals surface area contributed by atoms with Crippen molar-refractivity contribution in [3.63, 3.8) is 0 Å². The molecule has 0 aliphatic carbocycles. The van der Waals surface area contributed by atoms with E-state index < -0.39 is 0 Å². The fourth-order valence-corrected chi connectivity index (χ4v) is 1.28. The highest BCUT2D eigenvalue weighted by Crippen LogP contribution is 1.88. The third kappa shape index (κ3) is 7.70. The van der Waals surface area contributed by atoms with Crippen LogP contribution in [0, 0.1) is 0 Å². The van der Waals surface area contributed by atoms with Crippen LogP contribution in [0.1, 0.15) is 13.8 Å². The van der Waals surface area contributed by atoms with Crippen LogP contribution in [0.3, 0.4) is 0 Å². The van der Waals surface area contributed by atoms with E-state index >= 15 is 0 Å². The van der Waals surface area contributed by atoms with Gasteiger partial charge in [-0.15, -0.1) is 0 Å². The molecular weight excluding hydrogens is 222 g/mol. The number of likely N-dealkylation sites (N-methyl/N-ethyl adjacent to an activating group) is 2. The van der Waals surface area contributed by atoms with Gasteiger partial charge in [-0.2, -0.15) is 0 Å². The summed E-state index contributed by atoms with van der Waals surface area (Å²) in [5.41, 5.74) is 0. The van der Waals surface area contributed by atoms with Gasteiger partial charge in [0.1, 0.15) is 0 Å². The summed E-state index contributed by atoms with van der Waals surface area (Å²) in [6, 6.07) is 0. The molecule has 6 heteroatoms. The molecule has 0 aromatic carbocycles. The topological polar surface area (TPSA) is 70.7 Å². The highest BCUT2D eigenvalue weighted by molar-refractivity contribution is 5.85. The van der Waals surface area contributed by atoms with Crippen LogP contribution in [-0.2, 0) is 14.3 Å². The smallest absolute Gasteiger partial charge is 0.239 e. The number of hydrogen-bond donors (Lipinski definition) is 2. The van der Waals surface area contributed by atoms with Crippen LogP contribution in [0.25, 0.3) is 0 Å². The second-order valence-electron chi connectivity index (χ2n) is 3.53. The molecule has 0 radical (unpaired) electrons. The van der Waals surface area contributed by atoms with Gasteiger partial charge in [0, 0.05) is 26.7 Å². The van der Waals surface area contributed by atoms with Crippen molar-refractivity contribution in [2.24, 2.45) is 0 Å². The Morgan fingerprint density at radius 3 is 2.53 bits per heavy atom. The van der Waals surface area contributed by atoms with Crippen molar-refractivity contribution < 1.29 is 14.3 Å². The molecular formula is C11H23N3O3. The first kappa shape index (κ1) is 15.9. The number of rotatable bonds is 9. The van der Waals surface area contributed by atoms with Gasteiger partial charge in [0.15, 0.2) is 0 Å².